The van der Waals surface area contributed by atoms with Crippen LogP contribution in [-0.2, 0) is 0 Å². The highest BCUT2D eigenvalue weighted by atomic mass is 19.1. The first kappa shape index (κ1) is 9.51. The van der Waals surface area contributed by atoms with Gasteiger partial charge < -0.3 is 5.73 Å². The molecular weight excluding hydrogens is 200 g/mol. The second-order valence-corrected chi connectivity index (χ2v) is 2.97. The summed E-state index contributed by atoms with van der Waals surface area (Å²) in [6.07, 6.45) is 0. The van der Waals surface area contributed by atoms with Crippen molar-refractivity contribution in [1.29, 1.82) is 0 Å². The maximum atomic E-state index is 13.3. The van der Waals surface area contributed by atoms with Gasteiger partial charge in [-0.2, -0.15) is 0 Å². The molecule has 0 unspecified atom stereocenters. The van der Waals surface area contributed by atoms with Crippen molar-refractivity contribution in [2.24, 2.45) is 0 Å². The molecule has 0 atom stereocenters. The van der Waals surface area contributed by atoms with E-state index in [1.54, 1.807) is 0 Å². The van der Waals surface area contributed by atoms with Crippen molar-refractivity contribution in [3.05, 3.63) is 42.0 Å². The highest BCUT2D eigenvalue weighted by molar-refractivity contribution is 5.59. The number of hydrogen-bond acceptors (Lipinski definition) is 3. The molecule has 0 aliphatic rings. The molecule has 1 aromatic heterocycles. The van der Waals surface area contributed by atoms with E-state index in [1.807, 2.05) is 0 Å². The molecule has 3 nitrogen and oxygen atoms in total. The van der Waals surface area contributed by atoms with Crippen molar-refractivity contribution >= 4 is 5.82 Å². The minimum Gasteiger partial charge on any atom is -0.382 e. The van der Waals surface area contributed by atoms with Gasteiger partial charge in [0, 0.05) is 11.6 Å². The lowest BCUT2D eigenvalue weighted by atomic mass is 10.1. The monoisotopic (exact) mass is 207 g/mol. The van der Waals surface area contributed by atoms with Crippen LogP contribution in [0.2, 0.25) is 0 Å². The Balaban J connectivity index is 2.49. The summed E-state index contributed by atoms with van der Waals surface area (Å²) in [4.78, 5) is 0. The fourth-order valence-corrected chi connectivity index (χ4v) is 1.18. The maximum Gasteiger partial charge on any atom is 0.146 e. The third-order valence-electron chi connectivity index (χ3n) is 1.89. The topological polar surface area (TPSA) is 51.8 Å². The van der Waals surface area contributed by atoms with Gasteiger partial charge in [0.15, 0.2) is 0 Å². The first-order valence-electron chi connectivity index (χ1n) is 4.21. The van der Waals surface area contributed by atoms with Crippen LogP contribution in [0.4, 0.5) is 14.6 Å². The fraction of sp³-hybridized carbons (Fsp3) is 0. The molecule has 2 aromatic rings. The van der Waals surface area contributed by atoms with Gasteiger partial charge in [0.1, 0.15) is 17.5 Å². The molecule has 2 N–H and O–H groups in total. The largest absolute Gasteiger partial charge is 0.382 e. The van der Waals surface area contributed by atoms with Crippen molar-refractivity contribution in [3.63, 3.8) is 0 Å². The van der Waals surface area contributed by atoms with Crippen LogP contribution in [0.15, 0.2) is 30.3 Å². The summed E-state index contributed by atoms with van der Waals surface area (Å²) < 4.78 is 25.9. The molecule has 0 amide bonds. The third kappa shape index (κ3) is 1.90. The predicted octanol–water partition coefficient (Wildman–Crippen LogP) is 2.00. The van der Waals surface area contributed by atoms with Crippen molar-refractivity contribution in [2.45, 2.75) is 0 Å². The summed E-state index contributed by atoms with van der Waals surface area (Å²) in [7, 11) is 0. The second-order valence-electron chi connectivity index (χ2n) is 2.97. The molecule has 0 fully saturated rings. The molecule has 0 aliphatic heterocycles. The number of hydrogen-bond donors (Lipinski definition) is 1. The average Bonchev–Trinajstić information content (AvgIpc) is 2.20. The Labute approximate surface area is 84.6 Å². The Bertz CT molecular complexity index is 483. The number of nitrogens with zero attached hydrogens (tertiary/aromatic N) is 2. The van der Waals surface area contributed by atoms with Gasteiger partial charge >= 0.3 is 0 Å². The molecular formula is C10H7F2N3. The molecule has 0 spiro atoms. The van der Waals surface area contributed by atoms with Gasteiger partial charge in [-0.25, -0.2) is 8.78 Å². The zero-order chi connectivity index (χ0) is 10.8. The van der Waals surface area contributed by atoms with E-state index in [0.29, 0.717) is 5.69 Å². The lowest BCUT2D eigenvalue weighted by molar-refractivity contribution is 0.585. The summed E-state index contributed by atoms with van der Waals surface area (Å²) in [5, 5.41) is 7.29. The second kappa shape index (κ2) is 3.61. The van der Waals surface area contributed by atoms with E-state index in [2.05, 4.69) is 10.2 Å². The minimum atomic E-state index is -0.672. The summed E-state index contributed by atoms with van der Waals surface area (Å²) in [6.45, 7) is 0. The van der Waals surface area contributed by atoms with Gasteiger partial charge in [0.2, 0.25) is 0 Å². The summed E-state index contributed by atoms with van der Waals surface area (Å²) >= 11 is 0. The van der Waals surface area contributed by atoms with Crippen LogP contribution in [0.3, 0.4) is 0 Å². The zero-order valence-corrected chi connectivity index (χ0v) is 7.61. The van der Waals surface area contributed by atoms with E-state index < -0.39 is 11.6 Å². The Morgan fingerprint density at radius 3 is 2.40 bits per heavy atom. The Kier molecular flexibility index (Phi) is 2.29. The first-order chi connectivity index (χ1) is 7.16. The Morgan fingerprint density at radius 1 is 1.00 bits per heavy atom. The quantitative estimate of drug-likeness (QED) is 0.778. The zero-order valence-electron chi connectivity index (χ0n) is 7.61. The van der Waals surface area contributed by atoms with E-state index >= 15 is 0 Å². The molecule has 2 rings (SSSR count). The van der Waals surface area contributed by atoms with Gasteiger partial charge in [0.05, 0.1) is 5.69 Å². The summed E-state index contributed by atoms with van der Waals surface area (Å²) in [5.41, 5.74) is 5.86. The van der Waals surface area contributed by atoms with Crippen LogP contribution in [0.5, 0.6) is 0 Å². The molecule has 0 radical (unpaired) electrons. The maximum absolute atomic E-state index is 13.3. The number of aromatic nitrogens is 2. The van der Waals surface area contributed by atoms with Gasteiger partial charge in [-0.1, -0.05) is 0 Å². The predicted molar refractivity (Wildman–Crippen MR) is 51.8 cm³/mol. The SMILES string of the molecule is Nc1ccc(-c2ccc(F)cc2F)nn1. The molecule has 0 bridgehead atoms. The molecule has 1 aromatic carbocycles. The molecule has 76 valence electrons. The third-order valence-corrected chi connectivity index (χ3v) is 1.89. The molecule has 1 heterocycles. The molecule has 0 saturated heterocycles. The molecule has 0 aliphatic carbocycles. The van der Waals surface area contributed by atoms with E-state index in [-0.39, 0.29) is 11.4 Å². The number of halogens is 2. The number of nitrogen functional groups attached to an aromatic ring is 1. The van der Waals surface area contributed by atoms with Crippen molar-refractivity contribution in [1.82, 2.24) is 10.2 Å². The van der Waals surface area contributed by atoms with Gasteiger partial charge in [-0.3, -0.25) is 0 Å². The fourth-order valence-electron chi connectivity index (χ4n) is 1.18. The minimum absolute atomic E-state index is 0.198. The smallest absolute Gasteiger partial charge is 0.146 e. The Hall–Kier alpha value is -2.04. The van der Waals surface area contributed by atoms with Crippen LogP contribution in [-0.4, -0.2) is 10.2 Å². The average molecular weight is 207 g/mol. The van der Waals surface area contributed by atoms with Crippen LogP contribution >= 0.6 is 0 Å². The van der Waals surface area contributed by atoms with Crippen LogP contribution in [0, 0.1) is 11.6 Å². The molecule has 0 saturated carbocycles. The first-order valence-corrected chi connectivity index (χ1v) is 4.21. The molecule has 5 heteroatoms. The van der Waals surface area contributed by atoms with Gasteiger partial charge in [-0.05, 0) is 24.3 Å². The number of rotatable bonds is 1. The standard InChI is InChI=1S/C10H7F2N3/c11-6-1-2-7(8(12)5-6)9-3-4-10(13)15-14-9/h1-5H,(H2,13,15). The van der Waals surface area contributed by atoms with E-state index in [0.717, 1.165) is 12.1 Å². The van der Waals surface area contributed by atoms with Gasteiger partial charge in [-0.15, -0.1) is 10.2 Å². The lowest BCUT2D eigenvalue weighted by Crippen LogP contribution is -1.95. The van der Waals surface area contributed by atoms with E-state index in [9.17, 15) is 8.78 Å². The number of anilines is 1. The summed E-state index contributed by atoms with van der Waals surface area (Å²) in [6, 6.07) is 6.30. The number of nitrogens with two attached hydrogens (primary N) is 1. The lowest BCUT2D eigenvalue weighted by Gasteiger charge is -2.01. The van der Waals surface area contributed by atoms with Crippen LogP contribution in [0.1, 0.15) is 0 Å². The van der Waals surface area contributed by atoms with Crippen LogP contribution < -0.4 is 5.73 Å². The number of benzene rings is 1. The van der Waals surface area contributed by atoms with Crippen molar-refractivity contribution < 1.29 is 8.78 Å². The molecule has 15 heavy (non-hydrogen) atoms. The van der Waals surface area contributed by atoms with Crippen LogP contribution in [0.25, 0.3) is 11.3 Å². The van der Waals surface area contributed by atoms with Crippen molar-refractivity contribution in [2.75, 3.05) is 5.73 Å². The van der Waals surface area contributed by atoms with E-state index in [4.69, 9.17) is 5.73 Å². The Morgan fingerprint density at radius 2 is 1.80 bits per heavy atom. The van der Waals surface area contributed by atoms with Crippen molar-refractivity contribution in [3.8, 4) is 11.3 Å². The highest BCUT2D eigenvalue weighted by Crippen LogP contribution is 2.20. The van der Waals surface area contributed by atoms with Gasteiger partial charge in [0.25, 0.3) is 0 Å². The summed E-state index contributed by atoms with van der Waals surface area (Å²) in [5.74, 6) is -1.05. The highest BCUT2D eigenvalue weighted by Gasteiger charge is 2.07. The normalized spacial score (nSPS) is 10.3. The van der Waals surface area contributed by atoms with E-state index in [1.165, 1.54) is 18.2 Å².